The molecule has 24 heavy (non-hydrogen) atoms. The zero-order valence-electron chi connectivity index (χ0n) is 13.4. The van der Waals surface area contributed by atoms with Crippen molar-refractivity contribution in [2.75, 3.05) is 0 Å². The Kier molecular flexibility index (Phi) is 13.3. The molecule has 1 nitrogen and oxygen atoms in total. The Hall–Kier alpha value is -1.30. The molecule has 4 heteroatoms. The topological polar surface area (TPSA) is 17.1 Å². The summed E-state index contributed by atoms with van der Waals surface area (Å²) in [6, 6.07) is 32.5. The molecular weight excluding hydrogens is 515 g/mol. The van der Waals surface area contributed by atoms with Gasteiger partial charge >= 0.3 is 27.5 Å². The van der Waals surface area contributed by atoms with Crippen LogP contribution in [0.5, 0.6) is 0 Å². The van der Waals surface area contributed by atoms with Crippen LogP contribution in [-0.2, 0) is 22.7 Å². The second kappa shape index (κ2) is 14.1. The summed E-state index contributed by atoms with van der Waals surface area (Å²) in [6.07, 6.45) is 0. The van der Waals surface area contributed by atoms with E-state index in [9.17, 15) is 0 Å². The van der Waals surface area contributed by atoms with Crippen molar-refractivity contribution in [3.8, 4) is 0 Å². The van der Waals surface area contributed by atoms with E-state index in [2.05, 4.69) is 107 Å². The van der Waals surface area contributed by atoms with E-state index in [4.69, 9.17) is 4.79 Å². The van der Waals surface area contributed by atoms with E-state index < -0.39 is 7.92 Å². The SMILES string of the molecule is [CH-]=O.[CH3-].[Cl][Ir+2].c1ccc([PH+](c2ccccc2)c2ccccc2)cc1. The molecule has 0 amide bonds. The fourth-order valence-corrected chi connectivity index (χ4v) is 4.89. The molecule has 0 aliphatic carbocycles. The van der Waals surface area contributed by atoms with Gasteiger partial charge in [0.15, 0.2) is 0 Å². The minimum Gasteiger partial charge on any atom is -0.0620 e. The Labute approximate surface area is 161 Å². The average Bonchev–Trinajstić information content (AvgIpc) is 2.68. The van der Waals surface area contributed by atoms with Crippen molar-refractivity contribution >= 4 is 40.2 Å². The molecule has 0 spiro atoms. The van der Waals surface area contributed by atoms with E-state index in [1.54, 1.807) is 0 Å². The van der Waals surface area contributed by atoms with E-state index in [1.807, 2.05) is 0 Å². The summed E-state index contributed by atoms with van der Waals surface area (Å²) in [4.78, 5) is 7.75. The van der Waals surface area contributed by atoms with Crippen molar-refractivity contribution in [3.63, 3.8) is 0 Å². The molecule has 3 aromatic rings. The summed E-state index contributed by atoms with van der Waals surface area (Å²) >= 11 is 1.47. The average molecular weight is 535 g/mol. The Morgan fingerprint density at radius 1 is 0.583 bits per heavy atom. The molecule has 0 unspecified atom stereocenters. The van der Waals surface area contributed by atoms with Crippen molar-refractivity contribution in [2.24, 2.45) is 0 Å². The van der Waals surface area contributed by atoms with E-state index in [1.165, 1.54) is 33.8 Å². The number of halogens is 1. The van der Waals surface area contributed by atoms with Crippen LogP contribution in [0.1, 0.15) is 0 Å². The van der Waals surface area contributed by atoms with Crippen LogP contribution in [-0.4, -0.2) is 6.79 Å². The summed E-state index contributed by atoms with van der Waals surface area (Å²) in [7, 11) is 3.76. The van der Waals surface area contributed by atoms with Gasteiger partial charge < -0.3 is 12.2 Å². The molecule has 0 aliphatic heterocycles. The number of hydrogen-bond acceptors (Lipinski definition) is 1. The molecular formula is C20H20ClIrOP+. The van der Waals surface area contributed by atoms with E-state index >= 15 is 0 Å². The molecule has 0 aromatic heterocycles. The predicted octanol–water partition coefficient (Wildman–Crippen LogP) is 4.04. The van der Waals surface area contributed by atoms with Gasteiger partial charge in [-0.1, -0.05) is 54.6 Å². The number of rotatable bonds is 3. The van der Waals surface area contributed by atoms with Gasteiger partial charge in [-0.05, 0) is 36.4 Å². The molecule has 0 aliphatic rings. The van der Waals surface area contributed by atoms with Crippen LogP contribution in [0.15, 0.2) is 91.0 Å². The van der Waals surface area contributed by atoms with Gasteiger partial charge in [0.2, 0.25) is 0 Å². The summed E-state index contributed by atoms with van der Waals surface area (Å²) in [5.74, 6) is 0. The monoisotopic (exact) mass is 535 g/mol. The smallest absolute Gasteiger partial charge is 0.0620 e. The molecule has 126 valence electrons. The van der Waals surface area contributed by atoms with Crippen LogP contribution in [0.3, 0.4) is 0 Å². The van der Waals surface area contributed by atoms with Crippen molar-refractivity contribution in [1.29, 1.82) is 0 Å². The fourth-order valence-electron chi connectivity index (χ4n) is 2.31. The van der Waals surface area contributed by atoms with E-state index in [-0.39, 0.29) is 7.43 Å². The minimum absolute atomic E-state index is 0. The standard InChI is InChI=1S/C18H15P.CHO.CH3.ClH.Ir/c1-4-10-16(11-5-1)19(17-12-6-2-7-13-17)18-14-8-3-9-15-18;1-2;;;/h1-15H;1H;1H3;1H;/q;2*-1;;+3. The van der Waals surface area contributed by atoms with E-state index in [0.29, 0.717) is 0 Å². The molecule has 0 saturated heterocycles. The number of hydrogen-bond donors (Lipinski definition) is 0. The predicted molar refractivity (Wildman–Crippen MR) is 106 cm³/mol. The fraction of sp³-hybridized carbons (Fsp3) is 0. The second-order valence-electron chi connectivity index (χ2n) is 4.47. The second-order valence-corrected chi connectivity index (χ2v) is 6.96. The van der Waals surface area contributed by atoms with Gasteiger partial charge in [-0.3, -0.25) is 6.79 Å². The molecule has 3 aromatic carbocycles. The minimum atomic E-state index is -0.877. The van der Waals surface area contributed by atoms with Crippen molar-refractivity contribution in [1.82, 2.24) is 0 Å². The van der Waals surface area contributed by atoms with Gasteiger partial charge in [-0.2, -0.15) is 0 Å². The first-order valence-corrected chi connectivity index (χ1v) is 11.3. The van der Waals surface area contributed by atoms with Gasteiger partial charge in [0.1, 0.15) is 15.9 Å². The van der Waals surface area contributed by atoms with Crippen LogP contribution in [0.2, 0.25) is 0 Å². The van der Waals surface area contributed by atoms with Crippen molar-refractivity contribution < 1.29 is 22.7 Å². The van der Waals surface area contributed by atoms with Gasteiger partial charge in [-0.25, -0.2) is 0 Å². The molecule has 3 rings (SSSR count). The van der Waals surface area contributed by atoms with Crippen LogP contribution in [0.25, 0.3) is 0 Å². The third-order valence-corrected chi connectivity index (χ3v) is 5.92. The van der Waals surface area contributed by atoms with Crippen molar-refractivity contribution in [3.05, 3.63) is 98.4 Å². The molecule has 0 N–H and O–H groups in total. The summed E-state index contributed by atoms with van der Waals surface area (Å²) in [5, 5.41) is 4.31. The first-order chi connectivity index (χ1) is 11.4. The maximum Gasteiger partial charge on any atom is 0.102 e. The van der Waals surface area contributed by atoms with Gasteiger partial charge in [0.25, 0.3) is 0 Å². The maximum atomic E-state index is 7.75. The molecule has 0 radical (unpaired) electrons. The summed E-state index contributed by atoms with van der Waals surface area (Å²) in [6.45, 7) is 3.25. The van der Waals surface area contributed by atoms with E-state index in [0.717, 1.165) is 0 Å². The Bertz CT molecular complexity index is 556. The van der Waals surface area contributed by atoms with Crippen LogP contribution in [0, 0.1) is 7.43 Å². The Morgan fingerprint density at radius 3 is 1.00 bits per heavy atom. The molecule has 0 heterocycles. The van der Waals surface area contributed by atoms with Crippen LogP contribution >= 0.6 is 17.5 Å². The zero-order chi connectivity index (χ0) is 16.9. The largest absolute Gasteiger partial charge is 0.102 e. The summed E-state index contributed by atoms with van der Waals surface area (Å²) < 4.78 is 0. The summed E-state index contributed by atoms with van der Waals surface area (Å²) in [5.41, 5.74) is 0. The third kappa shape index (κ3) is 6.67. The number of benzene rings is 3. The van der Waals surface area contributed by atoms with Gasteiger partial charge in [0.05, 0.1) is 7.92 Å². The molecule has 0 atom stereocenters. The zero-order valence-corrected chi connectivity index (χ0v) is 17.5. The van der Waals surface area contributed by atoms with Crippen LogP contribution < -0.4 is 15.9 Å². The van der Waals surface area contributed by atoms with Crippen LogP contribution in [0.4, 0.5) is 0 Å². The number of carbonyl (C=O) groups excluding carboxylic acids is 1. The van der Waals surface area contributed by atoms with Crippen molar-refractivity contribution in [2.45, 2.75) is 0 Å². The molecule has 0 saturated carbocycles. The van der Waals surface area contributed by atoms with Gasteiger partial charge in [-0.15, -0.1) is 0 Å². The molecule has 0 fully saturated rings. The Balaban J connectivity index is 0.000000987. The quantitative estimate of drug-likeness (QED) is 0.282. The first-order valence-electron chi connectivity index (χ1n) is 6.84. The normalized spacial score (nSPS) is 8.79. The molecule has 0 bridgehead atoms. The third-order valence-electron chi connectivity index (χ3n) is 3.19. The Morgan fingerprint density at radius 2 is 0.792 bits per heavy atom. The first kappa shape index (κ1) is 22.7. The maximum absolute atomic E-state index is 7.75. The van der Waals surface area contributed by atoms with Gasteiger partial charge in [0, 0.05) is 0 Å².